The lowest BCUT2D eigenvalue weighted by atomic mass is 9.96. The normalized spacial score (nSPS) is 16.0. The van der Waals surface area contributed by atoms with Gasteiger partial charge in [0.15, 0.2) is 5.82 Å². The number of aromatic nitrogens is 3. The van der Waals surface area contributed by atoms with Crippen molar-refractivity contribution in [1.82, 2.24) is 20.0 Å². The number of pyridine rings is 1. The summed E-state index contributed by atoms with van der Waals surface area (Å²) in [5.74, 6) is 1.86. The van der Waals surface area contributed by atoms with Gasteiger partial charge in [0.2, 0.25) is 11.8 Å². The van der Waals surface area contributed by atoms with E-state index in [0.29, 0.717) is 24.6 Å². The van der Waals surface area contributed by atoms with Gasteiger partial charge in [0.25, 0.3) is 0 Å². The largest absolute Gasteiger partial charge is 0.343 e. The zero-order valence-electron chi connectivity index (χ0n) is 12.7. The van der Waals surface area contributed by atoms with Crippen LogP contribution in [0.15, 0.2) is 28.9 Å². The van der Waals surface area contributed by atoms with Gasteiger partial charge in [0.1, 0.15) is 0 Å². The lowest BCUT2D eigenvalue weighted by Gasteiger charge is -2.30. The Balaban J connectivity index is 1.47. The molecule has 0 aromatic carbocycles. The van der Waals surface area contributed by atoms with Gasteiger partial charge in [0.05, 0.1) is 0 Å². The topological polar surface area (TPSA) is 72.1 Å². The van der Waals surface area contributed by atoms with Crippen LogP contribution in [-0.2, 0) is 11.2 Å². The lowest BCUT2D eigenvalue weighted by Crippen LogP contribution is -2.38. The number of carbonyl (C=O) groups excluding carboxylic acids is 1. The molecule has 0 spiro atoms. The van der Waals surface area contributed by atoms with Crippen LogP contribution in [0, 0.1) is 6.92 Å². The minimum atomic E-state index is 0.200. The maximum absolute atomic E-state index is 12.3. The number of rotatable bonds is 4. The Hall–Kier alpha value is -2.24. The van der Waals surface area contributed by atoms with Crippen molar-refractivity contribution in [3.8, 4) is 0 Å². The Morgan fingerprint density at radius 3 is 2.82 bits per heavy atom. The second-order valence-electron chi connectivity index (χ2n) is 5.66. The van der Waals surface area contributed by atoms with E-state index in [2.05, 4.69) is 15.1 Å². The van der Waals surface area contributed by atoms with E-state index in [-0.39, 0.29) is 11.8 Å². The van der Waals surface area contributed by atoms with Crippen LogP contribution in [0.1, 0.15) is 42.6 Å². The summed E-state index contributed by atoms with van der Waals surface area (Å²) in [6.45, 7) is 3.34. The van der Waals surface area contributed by atoms with Crippen molar-refractivity contribution < 1.29 is 9.32 Å². The number of aryl methyl sites for hydroxylation is 2. The van der Waals surface area contributed by atoms with E-state index in [9.17, 15) is 4.79 Å². The van der Waals surface area contributed by atoms with Crippen LogP contribution < -0.4 is 0 Å². The number of likely N-dealkylation sites (tertiary alicyclic amines) is 1. The van der Waals surface area contributed by atoms with E-state index in [1.165, 1.54) is 0 Å². The third-order valence-corrected chi connectivity index (χ3v) is 4.06. The molecule has 0 unspecified atom stereocenters. The van der Waals surface area contributed by atoms with E-state index >= 15 is 0 Å². The zero-order valence-corrected chi connectivity index (χ0v) is 12.7. The first kappa shape index (κ1) is 14.7. The third-order valence-electron chi connectivity index (χ3n) is 4.06. The first-order valence-corrected chi connectivity index (χ1v) is 7.70. The molecule has 22 heavy (non-hydrogen) atoms. The van der Waals surface area contributed by atoms with Crippen LogP contribution in [0.3, 0.4) is 0 Å². The minimum absolute atomic E-state index is 0.200. The number of hydrogen-bond acceptors (Lipinski definition) is 5. The molecule has 0 radical (unpaired) electrons. The Kier molecular flexibility index (Phi) is 4.46. The number of piperidine rings is 1. The standard InChI is InChI=1S/C16H20N4O2/c1-12-18-16(22-19-12)13-7-10-20(11-8-13)15(21)6-5-14-4-2-3-9-17-14/h2-4,9,13H,5-8,10-11H2,1H3. The number of nitrogens with zero attached hydrogens (tertiary/aromatic N) is 4. The lowest BCUT2D eigenvalue weighted by molar-refractivity contribution is -0.132. The molecule has 1 amide bonds. The third kappa shape index (κ3) is 3.50. The van der Waals surface area contributed by atoms with Crippen LogP contribution in [0.2, 0.25) is 0 Å². The van der Waals surface area contributed by atoms with Gasteiger partial charge in [-0.15, -0.1) is 0 Å². The van der Waals surface area contributed by atoms with Gasteiger partial charge in [-0.3, -0.25) is 9.78 Å². The molecule has 2 aromatic heterocycles. The van der Waals surface area contributed by atoms with Crippen molar-refractivity contribution in [2.45, 2.75) is 38.5 Å². The summed E-state index contributed by atoms with van der Waals surface area (Å²) in [7, 11) is 0. The van der Waals surface area contributed by atoms with Crippen LogP contribution in [-0.4, -0.2) is 39.0 Å². The van der Waals surface area contributed by atoms with Crippen molar-refractivity contribution in [3.63, 3.8) is 0 Å². The highest BCUT2D eigenvalue weighted by atomic mass is 16.5. The van der Waals surface area contributed by atoms with E-state index in [4.69, 9.17) is 4.52 Å². The highest BCUT2D eigenvalue weighted by molar-refractivity contribution is 5.76. The van der Waals surface area contributed by atoms with Gasteiger partial charge in [0, 0.05) is 37.3 Å². The average Bonchev–Trinajstić information content (AvgIpc) is 3.00. The molecule has 1 fully saturated rings. The molecule has 0 saturated carbocycles. The summed E-state index contributed by atoms with van der Waals surface area (Å²) in [6.07, 6.45) is 4.75. The predicted octanol–water partition coefficient (Wildman–Crippen LogP) is 2.11. The maximum atomic E-state index is 12.3. The Morgan fingerprint density at radius 1 is 1.36 bits per heavy atom. The summed E-state index contributed by atoms with van der Waals surface area (Å²) in [5, 5.41) is 3.84. The molecule has 1 aliphatic heterocycles. The smallest absolute Gasteiger partial charge is 0.229 e. The highest BCUT2D eigenvalue weighted by Crippen LogP contribution is 2.27. The molecule has 1 aliphatic rings. The first-order chi connectivity index (χ1) is 10.7. The van der Waals surface area contributed by atoms with Crippen LogP contribution in [0.4, 0.5) is 0 Å². The van der Waals surface area contributed by atoms with Crippen molar-refractivity contribution in [3.05, 3.63) is 41.8 Å². The number of amides is 1. The second-order valence-corrected chi connectivity index (χ2v) is 5.66. The summed E-state index contributed by atoms with van der Waals surface area (Å²) in [4.78, 5) is 22.7. The molecule has 116 valence electrons. The molecule has 0 atom stereocenters. The van der Waals surface area contributed by atoms with Gasteiger partial charge in [-0.2, -0.15) is 4.98 Å². The molecule has 3 rings (SSSR count). The highest BCUT2D eigenvalue weighted by Gasteiger charge is 2.26. The fourth-order valence-electron chi connectivity index (χ4n) is 2.79. The van der Waals surface area contributed by atoms with Gasteiger partial charge in [-0.1, -0.05) is 11.2 Å². The van der Waals surface area contributed by atoms with Crippen molar-refractivity contribution in [2.24, 2.45) is 0 Å². The minimum Gasteiger partial charge on any atom is -0.343 e. The molecular weight excluding hydrogens is 280 g/mol. The summed E-state index contributed by atoms with van der Waals surface area (Å²) in [5.41, 5.74) is 0.965. The van der Waals surface area contributed by atoms with Crippen molar-refractivity contribution in [2.75, 3.05) is 13.1 Å². The van der Waals surface area contributed by atoms with Gasteiger partial charge >= 0.3 is 0 Å². The van der Waals surface area contributed by atoms with Crippen molar-refractivity contribution >= 4 is 5.91 Å². The van der Waals surface area contributed by atoms with E-state index in [0.717, 1.165) is 31.6 Å². The molecule has 6 nitrogen and oxygen atoms in total. The number of carbonyl (C=O) groups is 1. The summed E-state index contributed by atoms with van der Waals surface area (Å²) < 4.78 is 5.23. The first-order valence-electron chi connectivity index (χ1n) is 7.70. The molecule has 0 bridgehead atoms. The van der Waals surface area contributed by atoms with Gasteiger partial charge < -0.3 is 9.42 Å². The molecule has 6 heteroatoms. The second kappa shape index (κ2) is 6.68. The van der Waals surface area contributed by atoms with E-state index in [1.54, 1.807) is 6.20 Å². The van der Waals surface area contributed by atoms with Gasteiger partial charge in [-0.05, 0) is 38.3 Å². The Bertz CT molecular complexity index is 618. The molecule has 3 heterocycles. The fourth-order valence-corrected chi connectivity index (χ4v) is 2.79. The Morgan fingerprint density at radius 2 is 2.18 bits per heavy atom. The summed E-state index contributed by atoms with van der Waals surface area (Å²) in [6, 6.07) is 5.79. The van der Waals surface area contributed by atoms with Gasteiger partial charge in [-0.25, -0.2) is 0 Å². The quantitative estimate of drug-likeness (QED) is 0.864. The van der Waals surface area contributed by atoms with Crippen LogP contribution in [0.5, 0.6) is 0 Å². The fraction of sp³-hybridized carbons (Fsp3) is 0.500. The maximum Gasteiger partial charge on any atom is 0.229 e. The van der Waals surface area contributed by atoms with E-state index < -0.39 is 0 Å². The van der Waals surface area contributed by atoms with Crippen molar-refractivity contribution in [1.29, 1.82) is 0 Å². The van der Waals surface area contributed by atoms with E-state index in [1.807, 2.05) is 30.0 Å². The Labute approximate surface area is 129 Å². The van der Waals surface area contributed by atoms with Crippen LogP contribution in [0.25, 0.3) is 0 Å². The molecule has 2 aromatic rings. The summed E-state index contributed by atoms with van der Waals surface area (Å²) >= 11 is 0. The molecule has 1 saturated heterocycles. The SMILES string of the molecule is Cc1noc(C2CCN(C(=O)CCc3ccccn3)CC2)n1. The predicted molar refractivity (Wildman–Crippen MR) is 80.1 cm³/mol. The molecule has 0 N–H and O–H groups in total. The molecule has 0 aliphatic carbocycles. The molecular formula is C16H20N4O2. The average molecular weight is 300 g/mol. The van der Waals surface area contributed by atoms with Crippen LogP contribution >= 0.6 is 0 Å². The number of hydrogen-bond donors (Lipinski definition) is 0. The zero-order chi connectivity index (χ0) is 15.4. The monoisotopic (exact) mass is 300 g/mol.